The predicted octanol–water partition coefficient (Wildman–Crippen LogP) is 2.16. The molecule has 38 heavy (non-hydrogen) atoms. The minimum atomic E-state index is -4.75. The number of nitrogens with zero attached hydrogens (tertiary/aromatic N) is 4. The maximum Gasteiger partial charge on any atom is 0.417 e. The van der Waals surface area contributed by atoms with E-state index in [1.54, 1.807) is 6.07 Å². The van der Waals surface area contributed by atoms with E-state index in [0.717, 1.165) is 18.9 Å². The topological polar surface area (TPSA) is 138 Å². The van der Waals surface area contributed by atoms with E-state index < -0.39 is 35.8 Å². The molecule has 1 aromatic carbocycles. The van der Waals surface area contributed by atoms with Crippen LogP contribution in [0.25, 0.3) is 16.9 Å². The monoisotopic (exact) mass is 529 g/mol. The summed E-state index contributed by atoms with van der Waals surface area (Å²) in [4.78, 5) is 32.1. The molecule has 2 fully saturated rings. The van der Waals surface area contributed by atoms with Gasteiger partial charge in [0.25, 0.3) is 11.8 Å². The summed E-state index contributed by atoms with van der Waals surface area (Å²) in [5.74, 6) is -1.00. The number of alkyl halides is 3. The van der Waals surface area contributed by atoms with Crippen LogP contribution in [-0.2, 0) is 12.7 Å². The number of hydrogen-bond acceptors (Lipinski definition) is 7. The van der Waals surface area contributed by atoms with Gasteiger partial charge in [0.2, 0.25) is 0 Å². The standard InChI is InChI=1S/C25H26F3N7O3/c1-11(12-2-3-12)34-10-14-8-13(9-15(25(26,27)28)18(14)24(34)38)16-5-7-35-21(31-16)19(20(29)33-35)23(37)32-17-4-6-30-22(17)36/h5,7-9,11-12,17,22,30,36H,2-4,6,10H2,1H3,(H2,29,33)(H,32,37)/t11-,17-,22?/m0/s1. The number of nitrogens with two attached hydrogens (primary N) is 1. The molecule has 10 nitrogen and oxygen atoms in total. The van der Waals surface area contributed by atoms with Crippen LogP contribution in [0.5, 0.6) is 0 Å². The fourth-order valence-electron chi connectivity index (χ4n) is 5.42. The third-order valence-corrected chi connectivity index (χ3v) is 7.68. The number of benzene rings is 1. The van der Waals surface area contributed by atoms with E-state index in [4.69, 9.17) is 5.73 Å². The Morgan fingerprint density at radius 3 is 2.71 bits per heavy atom. The first kappa shape index (κ1) is 24.6. The van der Waals surface area contributed by atoms with Crippen molar-refractivity contribution in [2.45, 2.75) is 57.2 Å². The van der Waals surface area contributed by atoms with Gasteiger partial charge in [-0.2, -0.15) is 13.2 Å². The van der Waals surface area contributed by atoms with Gasteiger partial charge in [-0.05, 0) is 62.4 Å². The number of halogens is 3. The maximum atomic E-state index is 14.2. The van der Waals surface area contributed by atoms with Crippen molar-refractivity contribution in [1.29, 1.82) is 0 Å². The van der Waals surface area contributed by atoms with Crippen LogP contribution in [0.2, 0.25) is 0 Å². The zero-order valence-electron chi connectivity index (χ0n) is 20.4. The van der Waals surface area contributed by atoms with Crippen LogP contribution in [0.3, 0.4) is 0 Å². The largest absolute Gasteiger partial charge is 0.417 e. The number of amides is 2. The van der Waals surface area contributed by atoms with Gasteiger partial charge in [0.15, 0.2) is 11.5 Å². The molecule has 200 valence electrons. The Balaban J connectivity index is 1.40. The first-order chi connectivity index (χ1) is 18.0. The van der Waals surface area contributed by atoms with Crippen LogP contribution in [0.1, 0.15) is 58.0 Å². The van der Waals surface area contributed by atoms with Crippen molar-refractivity contribution >= 4 is 23.3 Å². The smallest absolute Gasteiger partial charge is 0.381 e. The maximum absolute atomic E-state index is 14.2. The molecule has 0 radical (unpaired) electrons. The summed E-state index contributed by atoms with van der Waals surface area (Å²) in [6.07, 6.45) is -1.77. The minimum absolute atomic E-state index is 0.0391. The molecule has 3 aromatic rings. The van der Waals surface area contributed by atoms with Gasteiger partial charge in [0, 0.05) is 24.3 Å². The molecule has 2 aromatic heterocycles. The lowest BCUT2D eigenvalue weighted by Crippen LogP contribution is -2.43. The van der Waals surface area contributed by atoms with Crippen molar-refractivity contribution in [1.82, 2.24) is 30.1 Å². The number of nitrogen functional groups attached to an aromatic ring is 1. The van der Waals surface area contributed by atoms with Crippen LogP contribution in [0, 0.1) is 5.92 Å². The zero-order chi connectivity index (χ0) is 26.9. The average Bonchev–Trinajstić information content (AvgIpc) is 3.45. The van der Waals surface area contributed by atoms with E-state index in [0.29, 0.717) is 24.4 Å². The summed E-state index contributed by atoms with van der Waals surface area (Å²) in [5.41, 5.74) is 5.32. The van der Waals surface area contributed by atoms with E-state index in [9.17, 15) is 27.9 Å². The van der Waals surface area contributed by atoms with E-state index in [1.807, 2.05) is 6.92 Å². The molecular weight excluding hydrogens is 503 g/mol. The van der Waals surface area contributed by atoms with Crippen LogP contribution in [0.15, 0.2) is 24.4 Å². The molecule has 4 heterocycles. The highest BCUT2D eigenvalue weighted by atomic mass is 19.4. The van der Waals surface area contributed by atoms with Crippen molar-refractivity contribution in [3.63, 3.8) is 0 Å². The number of carbonyl (C=O) groups excluding carboxylic acids is 2. The number of nitrogens with one attached hydrogen (secondary N) is 2. The molecule has 3 aliphatic rings. The molecule has 0 bridgehead atoms. The number of carbonyl (C=O) groups is 2. The van der Waals surface area contributed by atoms with Crippen molar-refractivity contribution in [3.05, 3.63) is 46.6 Å². The number of aromatic nitrogens is 3. The predicted molar refractivity (Wildman–Crippen MR) is 130 cm³/mol. The molecule has 3 atom stereocenters. The molecule has 6 rings (SSSR count). The third kappa shape index (κ3) is 4.06. The Kier molecular flexibility index (Phi) is 5.61. The van der Waals surface area contributed by atoms with E-state index >= 15 is 0 Å². The van der Waals surface area contributed by atoms with Crippen molar-refractivity contribution < 1.29 is 27.9 Å². The Morgan fingerprint density at radius 1 is 1.29 bits per heavy atom. The van der Waals surface area contributed by atoms with Gasteiger partial charge in [-0.1, -0.05) is 0 Å². The number of rotatable bonds is 5. The lowest BCUT2D eigenvalue weighted by molar-refractivity contribution is -0.137. The van der Waals surface area contributed by atoms with Gasteiger partial charge in [-0.15, -0.1) is 5.10 Å². The van der Waals surface area contributed by atoms with Gasteiger partial charge in [-0.3, -0.25) is 14.9 Å². The van der Waals surface area contributed by atoms with Crippen molar-refractivity contribution in [2.75, 3.05) is 12.3 Å². The second-order valence-corrected chi connectivity index (χ2v) is 10.2. The van der Waals surface area contributed by atoms with Crippen LogP contribution in [-0.4, -0.2) is 61.3 Å². The van der Waals surface area contributed by atoms with Gasteiger partial charge in [0.05, 0.1) is 22.9 Å². The molecule has 5 N–H and O–H groups in total. The van der Waals surface area contributed by atoms with Gasteiger partial charge < -0.3 is 21.1 Å². The number of aliphatic hydroxyl groups excluding tert-OH is 1. The van der Waals surface area contributed by atoms with Crippen LogP contribution in [0.4, 0.5) is 19.0 Å². The lowest BCUT2D eigenvalue weighted by Gasteiger charge is -2.24. The highest BCUT2D eigenvalue weighted by molar-refractivity contribution is 6.04. The summed E-state index contributed by atoms with van der Waals surface area (Å²) >= 11 is 0. The van der Waals surface area contributed by atoms with Crippen molar-refractivity contribution in [3.8, 4) is 11.3 Å². The first-order valence-corrected chi connectivity index (χ1v) is 12.5. The first-order valence-electron chi connectivity index (χ1n) is 12.5. The molecule has 1 saturated heterocycles. The van der Waals surface area contributed by atoms with Gasteiger partial charge >= 0.3 is 6.18 Å². The van der Waals surface area contributed by atoms with Crippen LogP contribution >= 0.6 is 0 Å². The molecule has 1 saturated carbocycles. The molecular formula is C25H26F3N7O3. The average molecular weight is 530 g/mol. The molecule has 2 aliphatic heterocycles. The fraction of sp³-hybridized carbons (Fsp3) is 0.440. The van der Waals surface area contributed by atoms with Crippen LogP contribution < -0.4 is 16.4 Å². The second kappa shape index (κ2) is 8.67. The summed E-state index contributed by atoms with van der Waals surface area (Å²) in [5, 5.41) is 19.6. The number of aliphatic hydroxyl groups is 1. The van der Waals surface area contributed by atoms with Gasteiger partial charge in [0.1, 0.15) is 11.8 Å². The molecule has 1 unspecified atom stereocenters. The number of anilines is 1. The Hall–Kier alpha value is -3.71. The summed E-state index contributed by atoms with van der Waals surface area (Å²) in [6, 6.07) is 3.29. The molecule has 13 heteroatoms. The lowest BCUT2D eigenvalue weighted by atomic mass is 9.97. The highest BCUT2D eigenvalue weighted by Gasteiger charge is 2.44. The Morgan fingerprint density at radius 2 is 2.05 bits per heavy atom. The Bertz CT molecular complexity index is 1470. The summed E-state index contributed by atoms with van der Waals surface area (Å²) in [6.45, 7) is 2.50. The normalized spacial score (nSPS) is 22.2. The quantitative estimate of drug-likeness (QED) is 0.398. The number of hydrogen-bond donors (Lipinski definition) is 4. The van der Waals surface area contributed by atoms with E-state index in [2.05, 4.69) is 20.7 Å². The number of fused-ring (bicyclic) bond motifs is 2. The molecule has 0 spiro atoms. The van der Waals surface area contributed by atoms with Crippen molar-refractivity contribution in [2.24, 2.45) is 5.92 Å². The van der Waals surface area contributed by atoms with E-state index in [-0.39, 0.29) is 46.4 Å². The molecule has 2 amide bonds. The second-order valence-electron chi connectivity index (χ2n) is 10.2. The fourth-order valence-corrected chi connectivity index (χ4v) is 5.42. The minimum Gasteiger partial charge on any atom is -0.381 e. The summed E-state index contributed by atoms with van der Waals surface area (Å²) < 4.78 is 43.8. The van der Waals surface area contributed by atoms with Gasteiger partial charge in [-0.25, -0.2) is 9.50 Å². The summed E-state index contributed by atoms with van der Waals surface area (Å²) in [7, 11) is 0. The SMILES string of the molecule is C[C@@H](C1CC1)N1Cc2cc(-c3ccn4nc(N)c(C(=O)N[C@H]5CCNC5O)c4n3)cc(C(F)(F)F)c2C1=O. The highest BCUT2D eigenvalue weighted by Crippen LogP contribution is 2.43. The Labute approximate surface area is 215 Å². The molecule has 1 aliphatic carbocycles. The zero-order valence-corrected chi connectivity index (χ0v) is 20.4. The van der Waals surface area contributed by atoms with E-state index in [1.165, 1.54) is 21.7 Å². The third-order valence-electron chi connectivity index (χ3n) is 7.68.